The Morgan fingerprint density at radius 1 is 1.50 bits per heavy atom. The molecule has 0 spiro atoms. The van der Waals surface area contributed by atoms with Crippen LogP contribution in [0.4, 0.5) is 10.1 Å². The second-order valence-electron chi connectivity index (χ2n) is 3.02. The summed E-state index contributed by atoms with van der Waals surface area (Å²) in [6.45, 7) is 1.66. The highest BCUT2D eigenvalue weighted by Gasteiger charge is 2.17. The molecule has 0 saturated heterocycles. The molecule has 1 unspecified atom stereocenters. The fourth-order valence-corrected chi connectivity index (χ4v) is 1.30. The van der Waals surface area contributed by atoms with E-state index >= 15 is 0 Å². The molecule has 4 heteroatoms. The van der Waals surface area contributed by atoms with Crippen LogP contribution in [0.15, 0.2) is 24.3 Å². The van der Waals surface area contributed by atoms with E-state index in [1.807, 2.05) is 0 Å². The van der Waals surface area contributed by atoms with Gasteiger partial charge < -0.3 is 4.90 Å². The maximum atomic E-state index is 13.2. The highest BCUT2D eigenvalue weighted by Crippen LogP contribution is 2.18. The quantitative estimate of drug-likeness (QED) is 0.746. The van der Waals surface area contributed by atoms with Crippen molar-refractivity contribution in [2.24, 2.45) is 0 Å². The first-order chi connectivity index (χ1) is 6.54. The van der Waals surface area contributed by atoms with Gasteiger partial charge in [-0.1, -0.05) is 12.1 Å². The Labute approximate surface area is 88.1 Å². The van der Waals surface area contributed by atoms with Gasteiger partial charge in [-0.15, -0.1) is 0 Å². The Balaban J connectivity index is 2.95. The summed E-state index contributed by atoms with van der Waals surface area (Å²) in [5.74, 6) is -0.629. The smallest absolute Gasteiger partial charge is 0.239 e. The van der Waals surface area contributed by atoms with Crippen molar-refractivity contribution in [2.75, 3.05) is 11.9 Å². The second-order valence-corrected chi connectivity index (χ2v) is 3.80. The summed E-state index contributed by atoms with van der Waals surface area (Å²) in [6, 6.07) is 6.15. The van der Waals surface area contributed by atoms with Gasteiger partial charge in [0.1, 0.15) is 5.82 Å². The van der Waals surface area contributed by atoms with E-state index in [9.17, 15) is 9.18 Å². The predicted octanol–water partition coefficient (Wildman–Crippen LogP) is 2.11. The third-order valence-electron chi connectivity index (χ3n) is 1.90. The summed E-state index contributed by atoms with van der Waals surface area (Å²) in [6.07, 6.45) is 0. The average molecular weight is 213 g/mol. The third-order valence-corrected chi connectivity index (χ3v) is 2.12. The van der Waals surface area contributed by atoms with E-state index in [1.54, 1.807) is 25.1 Å². The molecule has 1 aromatic rings. The van der Waals surface area contributed by atoms with E-state index in [2.05, 4.69) is 12.6 Å². The van der Waals surface area contributed by atoms with E-state index in [-0.39, 0.29) is 11.6 Å². The SMILES string of the molecule is CC(S)C(=O)N(C)c1ccccc1F. The normalized spacial score (nSPS) is 12.3. The van der Waals surface area contributed by atoms with Gasteiger partial charge in [0.05, 0.1) is 10.9 Å². The van der Waals surface area contributed by atoms with E-state index in [4.69, 9.17) is 0 Å². The standard InChI is InChI=1S/C10H12FNOS/c1-7(14)10(13)12(2)9-6-4-3-5-8(9)11/h3-7,14H,1-2H3. The summed E-state index contributed by atoms with van der Waals surface area (Å²) in [4.78, 5) is 12.7. The lowest BCUT2D eigenvalue weighted by atomic mass is 10.2. The van der Waals surface area contributed by atoms with E-state index < -0.39 is 11.1 Å². The molecule has 0 aliphatic carbocycles. The number of thiol groups is 1. The molecule has 0 aliphatic heterocycles. The molecule has 0 heterocycles. The number of carbonyl (C=O) groups is 1. The van der Waals surface area contributed by atoms with E-state index in [1.165, 1.54) is 18.0 Å². The molecule has 0 bridgehead atoms. The highest BCUT2D eigenvalue weighted by atomic mass is 32.1. The fourth-order valence-electron chi connectivity index (χ4n) is 1.12. The molecule has 0 radical (unpaired) electrons. The van der Waals surface area contributed by atoms with Crippen molar-refractivity contribution in [1.29, 1.82) is 0 Å². The first kappa shape index (κ1) is 11.0. The third kappa shape index (κ3) is 2.26. The van der Waals surface area contributed by atoms with Gasteiger partial charge in [-0.3, -0.25) is 4.79 Å². The van der Waals surface area contributed by atoms with Gasteiger partial charge in [0, 0.05) is 7.05 Å². The van der Waals surface area contributed by atoms with Gasteiger partial charge in [-0.25, -0.2) is 4.39 Å². The Kier molecular flexibility index (Phi) is 3.52. The zero-order valence-electron chi connectivity index (χ0n) is 8.07. The molecule has 0 N–H and O–H groups in total. The van der Waals surface area contributed by atoms with Crippen LogP contribution >= 0.6 is 12.6 Å². The molecular weight excluding hydrogens is 201 g/mol. The van der Waals surface area contributed by atoms with Crippen molar-refractivity contribution in [2.45, 2.75) is 12.2 Å². The van der Waals surface area contributed by atoms with Crippen molar-refractivity contribution >= 4 is 24.2 Å². The fraction of sp³-hybridized carbons (Fsp3) is 0.300. The van der Waals surface area contributed by atoms with Gasteiger partial charge in [0.2, 0.25) is 5.91 Å². The van der Waals surface area contributed by atoms with Crippen LogP contribution in [0, 0.1) is 5.82 Å². The Bertz CT molecular complexity index is 341. The van der Waals surface area contributed by atoms with Crippen molar-refractivity contribution in [3.63, 3.8) is 0 Å². The number of hydrogen-bond donors (Lipinski definition) is 1. The number of hydrogen-bond acceptors (Lipinski definition) is 2. The molecule has 0 saturated carbocycles. The molecule has 0 fully saturated rings. The van der Waals surface area contributed by atoms with Gasteiger partial charge >= 0.3 is 0 Å². The van der Waals surface area contributed by atoms with Crippen LogP contribution in [0.5, 0.6) is 0 Å². The number of para-hydroxylation sites is 1. The summed E-state index contributed by atoms with van der Waals surface area (Å²) in [5.41, 5.74) is 0.276. The number of carbonyl (C=O) groups excluding carboxylic acids is 1. The van der Waals surface area contributed by atoms with Crippen LogP contribution in [-0.4, -0.2) is 18.2 Å². The number of nitrogens with zero attached hydrogens (tertiary/aromatic N) is 1. The lowest BCUT2D eigenvalue weighted by Gasteiger charge is -2.19. The molecule has 0 aliphatic rings. The van der Waals surface area contributed by atoms with Crippen LogP contribution < -0.4 is 4.90 Å². The molecular formula is C10H12FNOS. The van der Waals surface area contributed by atoms with Crippen molar-refractivity contribution in [3.8, 4) is 0 Å². The molecule has 0 aromatic heterocycles. The molecule has 1 rings (SSSR count). The zero-order chi connectivity index (χ0) is 10.7. The number of rotatable bonds is 2. The van der Waals surface area contributed by atoms with Crippen LogP contribution in [-0.2, 0) is 4.79 Å². The average Bonchev–Trinajstić information content (AvgIpc) is 2.16. The Morgan fingerprint density at radius 2 is 2.07 bits per heavy atom. The van der Waals surface area contributed by atoms with Crippen LogP contribution in [0.2, 0.25) is 0 Å². The predicted molar refractivity (Wildman–Crippen MR) is 58.3 cm³/mol. The van der Waals surface area contributed by atoms with Crippen LogP contribution in [0.25, 0.3) is 0 Å². The maximum Gasteiger partial charge on any atom is 0.239 e. The number of amides is 1. The minimum atomic E-state index is -0.431. The largest absolute Gasteiger partial charge is 0.312 e. The Hall–Kier alpha value is -1.03. The van der Waals surface area contributed by atoms with Crippen molar-refractivity contribution < 1.29 is 9.18 Å². The van der Waals surface area contributed by atoms with E-state index in [0.29, 0.717) is 0 Å². The molecule has 14 heavy (non-hydrogen) atoms. The minimum Gasteiger partial charge on any atom is -0.312 e. The summed E-state index contributed by atoms with van der Waals surface area (Å²) >= 11 is 4.00. The van der Waals surface area contributed by atoms with Crippen molar-refractivity contribution in [1.82, 2.24) is 0 Å². The molecule has 1 amide bonds. The highest BCUT2D eigenvalue weighted by molar-refractivity contribution is 7.81. The first-order valence-corrected chi connectivity index (χ1v) is 4.76. The summed E-state index contributed by atoms with van der Waals surface area (Å²) in [5, 5.41) is -0.431. The van der Waals surface area contributed by atoms with Crippen LogP contribution in [0.3, 0.4) is 0 Å². The Morgan fingerprint density at radius 3 is 2.57 bits per heavy atom. The van der Waals surface area contributed by atoms with Gasteiger partial charge in [0.15, 0.2) is 0 Å². The van der Waals surface area contributed by atoms with Crippen LogP contribution in [0.1, 0.15) is 6.92 Å². The lowest BCUT2D eigenvalue weighted by molar-refractivity contribution is -0.117. The summed E-state index contributed by atoms with van der Waals surface area (Å²) < 4.78 is 13.2. The number of benzene rings is 1. The molecule has 2 nitrogen and oxygen atoms in total. The summed E-state index contributed by atoms with van der Waals surface area (Å²) in [7, 11) is 1.54. The van der Waals surface area contributed by atoms with Gasteiger partial charge in [-0.05, 0) is 19.1 Å². The monoisotopic (exact) mass is 213 g/mol. The maximum absolute atomic E-state index is 13.2. The van der Waals surface area contributed by atoms with E-state index in [0.717, 1.165) is 0 Å². The molecule has 1 aromatic carbocycles. The topological polar surface area (TPSA) is 20.3 Å². The number of halogens is 1. The zero-order valence-corrected chi connectivity index (χ0v) is 8.96. The first-order valence-electron chi connectivity index (χ1n) is 4.24. The molecule has 76 valence electrons. The van der Waals surface area contributed by atoms with Crippen molar-refractivity contribution in [3.05, 3.63) is 30.1 Å². The number of anilines is 1. The minimum absolute atomic E-state index is 0.224. The molecule has 1 atom stereocenters. The van der Waals surface area contributed by atoms with Gasteiger partial charge in [0.25, 0.3) is 0 Å². The second kappa shape index (κ2) is 4.46. The lowest BCUT2D eigenvalue weighted by Crippen LogP contribution is -2.32. The van der Waals surface area contributed by atoms with Gasteiger partial charge in [-0.2, -0.15) is 12.6 Å².